The quantitative estimate of drug-likeness (QED) is 0.357. The number of nitrogens with two attached hydrogens (primary N) is 1. The summed E-state index contributed by atoms with van der Waals surface area (Å²) in [4.78, 5) is 11.0. The van der Waals surface area contributed by atoms with Crippen LogP contribution in [0, 0.1) is 0 Å². The number of aryl methyl sites for hydroxylation is 1. The van der Waals surface area contributed by atoms with Gasteiger partial charge in [0, 0.05) is 19.0 Å². The highest BCUT2D eigenvalue weighted by atomic mass is 15.3. The molecule has 19 heavy (non-hydrogen) atoms. The molecule has 0 bridgehead atoms. The van der Waals surface area contributed by atoms with Gasteiger partial charge in [-0.15, -0.1) is 0 Å². The molecule has 0 unspecified atom stereocenters. The molecule has 4 N–H and O–H groups in total. The van der Waals surface area contributed by atoms with Crippen LogP contribution in [0.25, 0.3) is 0 Å². The lowest BCUT2D eigenvalue weighted by Gasteiger charge is -2.11. The van der Waals surface area contributed by atoms with Gasteiger partial charge in [0.15, 0.2) is 0 Å². The first kappa shape index (κ1) is 15.7. The summed E-state index contributed by atoms with van der Waals surface area (Å²) in [6.45, 7) is 4.14. The topological polar surface area (TPSA) is 79.1 Å². The predicted molar refractivity (Wildman–Crippen MR) is 80.1 cm³/mol. The molecule has 0 aliphatic rings. The standard InChI is InChI=1S/C13H26N6/c1-4-7-11-16-12(10-13(17-11)18-14)15-8-5-6-9-19(2)3/h10H,4-9,14H2,1-3H3,(H2,15,16,17,18). The van der Waals surface area contributed by atoms with E-state index in [0.717, 1.165) is 44.0 Å². The maximum Gasteiger partial charge on any atom is 0.145 e. The fraction of sp³-hybridized carbons (Fsp3) is 0.692. The SMILES string of the molecule is CCCc1nc(NN)cc(NCCCCN(C)C)n1. The van der Waals surface area contributed by atoms with E-state index in [1.165, 1.54) is 6.42 Å². The van der Waals surface area contributed by atoms with Gasteiger partial charge in [-0.3, -0.25) is 0 Å². The highest BCUT2D eigenvalue weighted by molar-refractivity contribution is 5.46. The van der Waals surface area contributed by atoms with Gasteiger partial charge in [-0.05, 0) is 39.9 Å². The van der Waals surface area contributed by atoms with E-state index in [2.05, 4.69) is 46.6 Å². The summed E-state index contributed by atoms with van der Waals surface area (Å²) < 4.78 is 0. The van der Waals surface area contributed by atoms with Crippen molar-refractivity contribution in [3.05, 3.63) is 11.9 Å². The molecule has 1 heterocycles. The summed E-state index contributed by atoms with van der Waals surface area (Å²) in [7, 11) is 4.18. The third kappa shape index (κ3) is 6.35. The molecule has 0 atom stereocenters. The van der Waals surface area contributed by atoms with Gasteiger partial charge in [0.25, 0.3) is 0 Å². The van der Waals surface area contributed by atoms with Crippen molar-refractivity contribution < 1.29 is 0 Å². The lowest BCUT2D eigenvalue weighted by atomic mass is 10.3. The molecule has 0 aromatic carbocycles. The summed E-state index contributed by atoms with van der Waals surface area (Å²) >= 11 is 0. The van der Waals surface area contributed by atoms with Crippen molar-refractivity contribution in [3.63, 3.8) is 0 Å². The zero-order valence-electron chi connectivity index (χ0n) is 12.2. The van der Waals surface area contributed by atoms with Crippen molar-refractivity contribution >= 4 is 11.6 Å². The first-order chi connectivity index (χ1) is 9.15. The molecular weight excluding hydrogens is 240 g/mol. The zero-order valence-corrected chi connectivity index (χ0v) is 12.2. The van der Waals surface area contributed by atoms with E-state index >= 15 is 0 Å². The largest absolute Gasteiger partial charge is 0.370 e. The zero-order chi connectivity index (χ0) is 14.1. The number of anilines is 2. The van der Waals surface area contributed by atoms with Crippen LogP contribution in [-0.2, 0) is 6.42 Å². The Morgan fingerprint density at radius 3 is 2.58 bits per heavy atom. The van der Waals surface area contributed by atoms with Gasteiger partial charge < -0.3 is 15.6 Å². The number of aromatic nitrogens is 2. The van der Waals surface area contributed by atoms with E-state index in [4.69, 9.17) is 5.84 Å². The van der Waals surface area contributed by atoms with E-state index in [9.17, 15) is 0 Å². The fourth-order valence-electron chi connectivity index (χ4n) is 1.77. The highest BCUT2D eigenvalue weighted by Crippen LogP contribution is 2.11. The summed E-state index contributed by atoms with van der Waals surface area (Å²) in [5.74, 6) is 7.75. The van der Waals surface area contributed by atoms with Crippen molar-refractivity contribution in [2.75, 3.05) is 37.9 Å². The van der Waals surface area contributed by atoms with Crippen LogP contribution in [0.2, 0.25) is 0 Å². The van der Waals surface area contributed by atoms with Crippen LogP contribution >= 0.6 is 0 Å². The number of hydrogen-bond acceptors (Lipinski definition) is 6. The number of rotatable bonds is 9. The second-order valence-electron chi connectivity index (χ2n) is 4.89. The number of unbranched alkanes of at least 4 members (excludes halogenated alkanes) is 1. The van der Waals surface area contributed by atoms with Crippen LogP contribution in [0.3, 0.4) is 0 Å². The molecule has 0 aliphatic heterocycles. The van der Waals surface area contributed by atoms with Crippen LogP contribution in [-0.4, -0.2) is 42.1 Å². The van der Waals surface area contributed by atoms with Gasteiger partial charge in [-0.2, -0.15) is 0 Å². The first-order valence-corrected chi connectivity index (χ1v) is 6.89. The molecule has 6 nitrogen and oxygen atoms in total. The maximum atomic E-state index is 5.42. The Balaban J connectivity index is 2.45. The molecule has 0 radical (unpaired) electrons. The molecule has 108 valence electrons. The van der Waals surface area contributed by atoms with Crippen molar-refractivity contribution in [2.24, 2.45) is 5.84 Å². The van der Waals surface area contributed by atoms with Crippen molar-refractivity contribution in [2.45, 2.75) is 32.6 Å². The van der Waals surface area contributed by atoms with E-state index in [1.54, 1.807) is 0 Å². The van der Waals surface area contributed by atoms with Crippen LogP contribution in [0.15, 0.2) is 6.07 Å². The number of nitrogens with one attached hydrogen (secondary N) is 2. The summed E-state index contributed by atoms with van der Waals surface area (Å²) in [6, 6.07) is 1.84. The molecule has 0 saturated heterocycles. The van der Waals surface area contributed by atoms with Crippen molar-refractivity contribution in [3.8, 4) is 0 Å². The molecule has 0 fully saturated rings. The Hall–Kier alpha value is -1.40. The van der Waals surface area contributed by atoms with Gasteiger partial charge in [0.2, 0.25) is 0 Å². The first-order valence-electron chi connectivity index (χ1n) is 6.89. The normalized spacial score (nSPS) is 10.8. The predicted octanol–water partition coefficient (Wildman–Crippen LogP) is 1.47. The summed E-state index contributed by atoms with van der Waals surface area (Å²) in [5.41, 5.74) is 2.58. The number of hydrogen-bond donors (Lipinski definition) is 3. The van der Waals surface area contributed by atoms with Crippen molar-refractivity contribution in [1.29, 1.82) is 0 Å². The second-order valence-corrected chi connectivity index (χ2v) is 4.89. The Morgan fingerprint density at radius 1 is 1.21 bits per heavy atom. The minimum atomic E-state index is 0.661. The third-order valence-electron chi connectivity index (χ3n) is 2.73. The molecular formula is C13H26N6. The lowest BCUT2D eigenvalue weighted by Crippen LogP contribution is -2.15. The molecule has 6 heteroatoms. The summed E-state index contributed by atoms with van der Waals surface area (Å²) in [5, 5.41) is 3.33. The minimum absolute atomic E-state index is 0.661. The van der Waals surface area contributed by atoms with Crippen LogP contribution in [0.5, 0.6) is 0 Å². The molecule has 0 spiro atoms. The Morgan fingerprint density at radius 2 is 1.95 bits per heavy atom. The molecule has 1 rings (SSSR count). The lowest BCUT2D eigenvalue weighted by molar-refractivity contribution is 0.396. The van der Waals surface area contributed by atoms with Gasteiger partial charge in [0.1, 0.15) is 17.5 Å². The number of hydrazine groups is 1. The van der Waals surface area contributed by atoms with E-state index in [-0.39, 0.29) is 0 Å². The molecule has 0 saturated carbocycles. The van der Waals surface area contributed by atoms with Crippen LogP contribution < -0.4 is 16.6 Å². The highest BCUT2D eigenvalue weighted by Gasteiger charge is 2.03. The average Bonchev–Trinajstić information content (AvgIpc) is 2.38. The Labute approximate surface area is 115 Å². The van der Waals surface area contributed by atoms with Crippen LogP contribution in [0.4, 0.5) is 11.6 Å². The van der Waals surface area contributed by atoms with Gasteiger partial charge >= 0.3 is 0 Å². The molecule has 1 aromatic rings. The van der Waals surface area contributed by atoms with E-state index in [1.807, 2.05) is 6.07 Å². The molecule has 1 aromatic heterocycles. The molecule has 0 aliphatic carbocycles. The fourth-order valence-corrected chi connectivity index (χ4v) is 1.77. The van der Waals surface area contributed by atoms with Gasteiger partial charge in [-0.1, -0.05) is 6.92 Å². The molecule has 0 amide bonds. The van der Waals surface area contributed by atoms with Gasteiger partial charge in [-0.25, -0.2) is 15.8 Å². The second kappa shape index (κ2) is 8.66. The van der Waals surface area contributed by atoms with E-state index in [0.29, 0.717) is 5.82 Å². The smallest absolute Gasteiger partial charge is 0.145 e. The maximum absolute atomic E-state index is 5.42. The monoisotopic (exact) mass is 266 g/mol. The summed E-state index contributed by atoms with van der Waals surface area (Å²) in [6.07, 6.45) is 4.19. The van der Waals surface area contributed by atoms with Crippen molar-refractivity contribution in [1.82, 2.24) is 14.9 Å². The van der Waals surface area contributed by atoms with Crippen LogP contribution in [0.1, 0.15) is 32.0 Å². The average molecular weight is 266 g/mol. The van der Waals surface area contributed by atoms with E-state index < -0.39 is 0 Å². The van der Waals surface area contributed by atoms with Gasteiger partial charge in [0.05, 0.1) is 0 Å². The number of nitrogens with zero attached hydrogens (tertiary/aromatic N) is 3. The Kier molecular flexibility index (Phi) is 7.14. The third-order valence-corrected chi connectivity index (χ3v) is 2.73. The number of nitrogen functional groups attached to an aromatic ring is 1. The minimum Gasteiger partial charge on any atom is -0.370 e. The Bertz CT molecular complexity index is 366.